The summed E-state index contributed by atoms with van der Waals surface area (Å²) in [7, 11) is 0. The molecule has 2 rings (SSSR count). The van der Waals surface area contributed by atoms with Crippen LogP contribution < -0.4 is 4.74 Å². The number of carbonyl (C=O) groups is 1. The molecule has 0 fully saturated rings. The fourth-order valence-electron chi connectivity index (χ4n) is 2.35. The normalized spacial score (nSPS) is 8.57. The zero-order chi connectivity index (χ0) is 26.8. The second kappa shape index (κ2) is 36.6. The summed E-state index contributed by atoms with van der Waals surface area (Å²) in [6.45, 7) is 8.83. The van der Waals surface area contributed by atoms with Crippen LogP contribution >= 0.6 is 0 Å². The van der Waals surface area contributed by atoms with Crippen molar-refractivity contribution < 1.29 is 53.3 Å². The number of ether oxygens (including phenoxy) is 2. The first-order valence-electron chi connectivity index (χ1n) is 11.5. The third kappa shape index (κ3) is 34.3. The van der Waals surface area contributed by atoms with E-state index in [-0.39, 0.29) is 5.97 Å². The number of unbranched alkanes of at least 4 members (excludes halogenated alkanes) is 7. The van der Waals surface area contributed by atoms with Crippen molar-refractivity contribution in [2.45, 2.75) is 65.2 Å². The molecule has 0 saturated carbocycles. The summed E-state index contributed by atoms with van der Waals surface area (Å²) in [5.41, 5.74) is 0. The van der Waals surface area contributed by atoms with Gasteiger partial charge in [0.1, 0.15) is 0 Å². The van der Waals surface area contributed by atoms with Crippen LogP contribution in [0.2, 0.25) is 0 Å². The van der Waals surface area contributed by atoms with Crippen LogP contribution in [0.3, 0.4) is 0 Å². The Morgan fingerprint density at radius 1 is 0.857 bits per heavy atom. The molecular formula is C28H38Co2O5-4. The number of hydrogen-bond donors (Lipinski definition) is 0. The minimum absolute atomic E-state index is 0.359. The SMILES string of the molecule is C=CC(=O)OCCCCCOc1cc[c-]cc1.C[CH-]CCCCCC.[O]=[Co].[O]=[Co].[c-]1cc[c-]cc1. The summed E-state index contributed by atoms with van der Waals surface area (Å²) in [4.78, 5) is 10.7. The molecule has 0 heterocycles. The molecule has 2 aromatic carbocycles. The summed E-state index contributed by atoms with van der Waals surface area (Å²) in [6, 6.07) is 23.3. The van der Waals surface area contributed by atoms with Gasteiger partial charge in [-0.05, 0) is 19.3 Å². The number of rotatable bonds is 13. The molecule has 202 valence electrons. The Labute approximate surface area is 228 Å². The molecular weight excluding hydrogens is 534 g/mol. The molecule has 0 saturated heterocycles. The van der Waals surface area contributed by atoms with Gasteiger partial charge in [0.2, 0.25) is 0 Å². The van der Waals surface area contributed by atoms with Gasteiger partial charge in [0.15, 0.2) is 0 Å². The van der Waals surface area contributed by atoms with Gasteiger partial charge in [-0.15, -0.1) is 12.1 Å². The standard InChI is InChI=1S/C14H17O3.C8H17.C6H4.2Co.2O/c1-2-14(15)17-12-8-4-7-11-16-13-9-5-3-6-10-13;1-3-5-7-8-6-4-2;1-2-4-6-5-3-1;;;;/h2,5-6,9-10H,1,4,7-8,11-12H2;3H,4-8H2,1-2H3;1-2,5-6H;;;;/q2*-1;-2;;;;. The zero-order valence-electron chi connectivity index (χ0n) is 20.8. The Kier molecular flexibility index (Phi) is 39.4. The van der Waals surface area contributed by atoms with Crippen LogP contribution in [0.15, 0.2) is 61.2 Å². The number of hydrogen-bond acceptors (Lipinski definition) is 5. The molecule has 35 heavy (non-hydrogen) atoms. The van der Waals surface area contributed by atoms with Crippen molar-refractivity contribution in [2.75, 3.05) is 13.2 Å². The van der Waals surface area contributed by atoms with Crippen LogP contribution in [0.1, 0.15) is 65.2 Å². The Morgan fingerprint density at radius 3 is 1.86 bits per heavy atom. The topological polar surface area (TPSA) is 69.7 Å². The van der Waals surface area contributed by atoms with Gasteiger partial charge in [-0.1, -0.05) is 39.2 Å². The Bertz CT molecular complexity index is 622. The molecule has 7 heteroatoms. The van der Waals surface area contributed by atoms with E-state index in [1.54, 1.807) is 0 Å². The van der Waals surface area contributed by atoms with Crippen molar-refractivity contribution >= 4 is 5.97 Å². The molecule has 0 aliphatic carbocycles. The summed E-state index contributed by atoms with van der Waals surface area (Å²) in [5, 5.41) is 0. The first-order chi connectivity index (χ1) is 17.2. The minimum Gasteiger partial charge on any atom is -0.319 e. The molecule has 0 amide bonds. The van der Waals surface area contributed by atoms with Gasteiger partial charge in [0.25, 0.3) is 0 Å². The van der Waals surface area contributed by atoms with Gasteiger partial charge in [0, 0.05) is 11.8 Å². The second-order valence-electron chi connectivity index (χ2n) is 6.77. The van der Waals surface area contributed by atoms with E-state index in [0.29, 0.717) is 13.2 Å². The molecule has 0 bridgehead atoms. The Hall–Kier alpha value is -1.94. The van der Waals surface area contributed by atoms with Crippen LogP contribution in [0, 0.1) is 24.6 Å². The predicted molar refractivity (Wildman–Crippen MR) is 130 cm³/mol. The molecule has 2 aromatic rings. The van der Waals surface area contributed by atoms with Crippen molar-refractivity contribution in [1.29, 1.82) is 0 Å². The van der Waals surface area contributed by atoms with Crippen LogP contribution in [0.5, 0.6) is 5.75 Å². The number of carbonyl (C=O) groups excluding carboxylic acids is 1. The van der Waals surface area contributed by atoms with E-state index in [2.05, 4.69) is 76.4 Å². The van der Waals surface area contributed by atoms with E-state index < -0.39 is 0 Å². The van der Waals surface area contributed by atoms with Gasteiger partial charge in [-0.2, -0.15) is 31.5 Å². The third-order valence-corrected chi connectivity index (χ3v) is 4.05. The van der Waals surface area contributed by atoms with Crippen LogP contribution in [0.25, 0.3) is 0 Å². The van der Waals surface area contributed by atoms with E-state index in [0.717, 1.165) is 25.0 Å². The smallest absolute Gasteiger partial charge is 0.288 e. The summed E-state index contributed by atoms with van der Waals surface area (Å²) in [6.07, 6.45) is 13.1. The molecule has 0 aliphatic heterocycles. The van der Waals surface area contributed by atoms with Gasteiger partial charge >= 0.3 is 45.0 Å². The molecule has 0 aliphatic rings. The fraction of sp³-hybridized carbons (Fsp3) is 0.429. The maximum absolute atomic E-state index is 10.7. The van der Waals surface area contributed by atoms with Gasteiger partial charge < -0.3 is 28.0 Å². The van der Waals surface area contributed by atoms with Crippen LogP contribution in [0.4, 0.5) is 0 Å². The van der Waals surface area contributed by atoms with Crippen LogP contribution in [-0.2, 0) is 48.6 Å². The molecule has 0 radical (unpaired) electrons. The average molecular weight is 572 g/mol. The van der Waals surface area contributed by atoms with Gasteiger partial charge in [0.05, 0.1) is 13.2 Å². The fourth-order valence-corrected chi connectivity index (χ4v) is 2.35. The summed E-state index contributed by atoms with van der Waals surface area (Å²) in [5.74, 6) is 0.503. The first kappa shape index (κ1) is 37.6. The van der Waals surface area contributed by atoms with E-state index in [1.165, 1.54) is 38.2 Å². The van der Waals surface area contributed by atoms with E-state index in [1.807, 2.05) is 48.5 Å². The van der Waals surface area contributed by atoms with E-state index >= 15 is 0 Å². The van der Waals surface area contributed by atoms with Gasteiger partial charge in [-0.3, -0.25) is 24.3 Å². The minimum atomic E-state index is -0.359. The molecule has 0 atom stereocenters. The Balaban J connectivity index is -0.000000471. The van der Waals surface area contributed by atoms with Crippen molar-refractivity contribution in [1.82, 2.24) is 0 Å². The predicted octanol–water partition coefficient (Wildman–Crippen LogP) is 6.99. The van der Waals surface area contributed by atoms with Crippen molar-refractivity contribution in [2.24, 2.45) is 0 Å². The summed E-state index contributed by atoms with van der Waals surface area (Å²) < 4.78 is 26.2. The van der Waals surface area contributed by atoms with Gasteiger partial charge in [-0.25, -0.2) is 4.79 Å². The Morgan fingerprint density at radius 2 is 1.37 bits per heavy atom. The quantitative estimate of drug-likeness (QED) is 0.112. The zero-order valence-corrected chi connectivity index (χ0v) is 22.8. The maximum atomic E-state index is 10.7. The molecule has 0 spiro atoms. The number of benzene rings is 2. The molecule has 5 nitrogen and oxygen atoms in total. The molecule has 0 N–H and O–H groups in total. The number of esters is 1. The van der Waals surface area contributed by atoms with E-state index in [9.17, 15) is 4.79 Å². The van der Waals surface area contributed by atoms with Crippen molar-refractivity contribution in [3.8, 4) is 5.75 Å². The van der Waals surface area contributed by atoms with Crippen molar-refractivity contribution in [3.05, 3.63) is 85.8 Å². The molecule has 0 aromatic heterocycles. The maximum Gasteiger partial charge on any atom is -0.288 e. The third-order valence-electron chi connectivity index (χ3n) is 4.05. The van der Waals surface area contributed by atoms with Crippen molar-refractivity contribution in [3.63, 3.8) is 0 Å². The largest absolute Gasteiger partial charge is 0.319 e. The molecule has 0 unspecified atom stereocenters. The van der Waals surface area contributed by atoms with Crippen LogP contribution in [-0.4, -0.2) is 19.2 Å². The van der Waals surface area contributed by atoms with E-state index in [4.69, 9.17) is 17.2 Å². The monoisotopic (exact) mass is 572 g/mol. The average Bonchev–Trinajstić information content (AvgIpc) is 2.95. The summed E-state index contributed by atoms with van der Waals surface area (Å²) >= 11 is 4.62. The second-order valence-corrected chi connectivity index (χ2v) is 6.77. The first-order valence-corrected chi connectivity index (χ1v) is 12.3.